The number of Topliss-reactive ketones (excluding diaryl/α,β-unsaturated/α-hetero) is 1. The van der Waals surface area contributed by atoms with Crippen LogP contribution in [-0.4, -0.2) is 11.8 Å². The molecule has 0 aliphatic heterocycles. The van der Waals surface area contributed by atoms with Crippen molar-refractivity contribution >= 4 is 11.8 Å². The number of hydrogen-bond acceptors (Lipinski definition) is 3. The molecule has 7 unspecified atom stereocenters. The molecule has 0 bridgehead atoms. The Morgan fingerprint density at radius 1 is 0.811 bits per heavy atom. The maximum Gasteiger partial charge on any atom is 0.312 e. The fourth-order valence-corrected chi connectivity index (χ4v) is 11.6. The highest BCUT2D eigenvalue weighted by Gasteiger charge is 2.71. The molecule has 6 rings (SSSR count). The summed E-state index contributed by atoms with van der Waals surface area (Å²) < 4.78 is 6.07. The highest BCUT2D eigenvalue weighted by atomic mass is 16.5. The molecule has 8 atom stereocenters. The van der Waals surface area contributed by atoms with Crippen LogP contribution in [0.2, 0.25) is 0 Å². The van der Waals surface area contributed by atoms with Crippen molar-refractivity contribution in [1.29, 1.82) is 0 Å². The van der Waals surface area contributed by atoms with Crippen molar-refractivity contribution in [3.8, 4) is 0 Å². The van der Waals surface area contributed by atoms with Crippen LogP contribution in [0.15, 0.2) is 30.3 Å². The molecule has 5 fully saturated rings. The summed E-state index contributed by atoms with van der Waals surface area (Å²) in [4.78, 5) is 26.8. The van der Waals surface area contributed by atoms with Crippen molar-refractivity contribution in [1.82, 2.24) is 0 Å². The molecule has 5 aliphatic rings. The van der Waals surface area contributed by atoms with Gasteiger partial charge in [-0.25, -0.2) is 0 Å². The Kier molecular flexibility index (Phi) is 5.84. The Labute approximate surface area is 224 Å². The van der Waals surface area contributed by atoms with Gasteiger partial charge in [0.2, 0.25) is 0 Å². The molecule has 1 aromatic carbocycles. The molecule has 1 aromatic rings. The van der Waals surface area contributed by atoms with E-state index in [-0.39, 0.29) is 33.0 Å². The third-order valence-electron chi connectivity index (χ3n) is 13.7. The Hall–Kier alpha value is -1.64. The molecule has 0 spiro atoms. The molecular weight excluding hydrogens is 456 g/mol. The second-order valence-corrected chi connectivity index (χ2v) is 15.0. The maximum absolute atomic E-state index is 13.8. The minimum absolute atomic E-state index is 0.0800. The average molecular weight is 505 g/mol. The zero-order valence-corrected chi connectivity index (χ0v) is 23.9. The van der Waals surface area contributed by atoms with Gasteiger partial charge in [-0.3, -0.25) is 9.59 Å². The van der Waals surface area contributed by atoms with E-state index in [1.54, 1.807) is 0 Å². The normalized spacial score (nSPS) is 46.2. The van der Waals surface area contributed by atoms with Gasteiger partial charge in [0.05, 0.1) is 5.41 Å². The Morgan fingerprint density at radius 3 is 2.32 bits per heavy atom. The standard InChI is InChI=1S/C34H48O3/c1-30(2)26-15-19-33(5)27(31(26,3)18-16-28(30)35)14-13-24-25-12-9-17-34(25,21-20-32(24,33)4)29(36)37-22-23-10-7-6-8-11-23/h6-8,10-11,24-27H,9,12-22H2,1-5H3/t24?,25?,26?,27?,31?,32-,33?,34?/m1/s1. The molecule has 0 saturated heterocycles. The molecule has 3 nitrogen and oxygen atoms in total. The first-order chi connectivity index (χ1) is 17.5. The number of ketones is 1. The van der Waals surface area contributed by atoms with Crippen LogP contribution < -0.4 is 0 Å². The lowest BCUT2D eigenvalue weighted by Crippen LogP contribution is -2.66. The van der Waals surface area contributed by atoms with Crippen LogP contribution in [0, 0.1) is 50.7 Å². The molecule has 202 valence electrons. The zero-order valence-electron chi connectivity index (χ0n) is 23.9. The monoisotopic (exact) mass is 504 g/mol. The summed E-state index contributed by atoms with van der Waals surface area (Å²) in [6.07, 6.45) is 12.2. The van der Waals surface area contributed by atoms with E-state index in [1.165, 1.54) is 32.1 Å². The second kappa shape index (κ2) is 8.43. The van der Waals surface area contributed by atoms with Crippen molar-refractivity contribution in [3.05, 3.63) is 35.9 Å². The van der Waals surface area contributed by atoms with E-state index >= 15 is 0 Å². The molecule has 0 radical (unpaired) electrons. The van der Waals surface area contributed by atoms with Crippen molar-refractivity contribution in [2.24, 2.45) is 50.7 Å². The Balaban J connectivity index is 1.28. The molecule has 0 heterocycles. The van der Waals surface area contributed by atoms with Crippen molar-refractivity contribution in [2.45, 2.75) is 112 Å². The van der Waals surface area contributed by atoms with Gasteiger partial charge in [0, 0.05) is 11.8 Å². The fraction of sp³-hybridized carbons (Fsp3) is 0.765. The van der Waals surface area contributed by atoms with Gasteiger partial charge in [0.1, 0.15) is 12.4 Å². The smallest absolute Gasteiger partial charge is 0.312 e. The summed E-state index contributed by atoms with van der Waals surface area (Å²) in [7, 11) is 0. The largest absolute Gasteiger partial charge is 0.460 e. The van der Waals surface area contributed by atoms with Gasteiger partial charge in [-0.2, -0.15) is 0 Å². The van der Waals surface area contributed by atoms with Gasteiger partial charge in [-0.15, -0.1) is 0 Å². The highest BCUT2D eigenvalue weighted by molar-refractivity contribution is 5.85. The number of fused-ring (bicyclic) bond motifs is 7. The SMILES string of the molecule is CC1(C)C(=O)CCC2(C)C1CCC1(C)C2CCC2C3CCCC3(C(=O)OCc3ccccc3)CC[C@]21C. The van der Waals surface area contributed by atoms with Crippen LogP contribution in [0.3, 0.4) is 0 Å². The van der Waals surface area contributed by atoms with Crippen LogP contribution in [0.5, 0.6) is 0 Å². The van der Waals surface area contributed by atoms with Gasteiger partial charge < -0.3 is 4.74 Å². The van der Waals surface area contributed by atoms with Gasteiger partial charge in [-0.05, 0) is 103 Å². The van der Waals surface area contributed by atoms with Crippen molar-refractivity contribution < 1.29 is 14.3 Å². The van der Waals surface area contributed by atoms with Gasteiger partial charge in [0.15, 0.2) is 0 Å². The average Bonchev–Trinajstić information content (AvgIpc) is 3.32. The topological polar surface area (TPSA) is 43.4 Å². The molecule has 0 aromatic heterocycles. The highest BCUT2D eigenvalue weighted by Crippen LogP contribution is 2.76. The van der Waals surface area contributed by atoms with E-state index in [0.717, 1.165) is 44.1 Å². The number of carbonyl (C=O) groups is 2. The summed E-state index contributed by atoms with van der Waals surface area (Å²) in [5, 5.41) is 0. The molecule has 37 heavy (non-hydrogen) atoms. The first kappa shape index (κ1) is 25.6. The fourth-order valence-electron chi connectivity index (χ4n) is 11.6. The van der Waals surface area contributed by atoms with Crippen molar-refractivity contribution in [3.63, 3.8) is 0 Å². The quantitative estimate of drug-likeness (QED) is 0.390. The van der Waals surface area contributed by atoms with Gasteiger partial charge >= 0.3 is 5.97 Å². The Bertz CT molecular complexity index is 1080. The third-order valence-corrected chi connectivity index (χ3v) is 13.7. The Morgan fingerprint density at radius 2 is 1.57 bits per heavy atom. The molecule has 5 aliphatic carbocycles. The van der Waals surface area contributed by atoms with E-state index < -0.39 is 0 Å². The number of esters is 1. The molecule has 0 amide bonds. The van der Waals surface area contributed by atoms with Crippen LogP contribution in [0.25, 0.3) is 0 Å². The minimum atomic E-state index is -0.275. The van der Waals surface area contributed by atoms with Gasteiger partial charge in [0.25, 0.3) is 0 Å². The number of benzene rings is 1. The molecule has 5 saturated carbocycles. The molecular formula is C34H48O3. The summed E-state index contributed by atoms with van der Waals surface area (Å²) in [5.41, 5.74) is 1.39. The van der Waals surface area contributed by atoms with Crippen LogP contribution in [0.1, 0.15) is 111 Å². The second-order valence-electron chi connectivity index (χ2n) is 15.0. The third kappa shape index (κ3) is 3.37. The first-order valence-electron chi connectivity index (χ1n) is 15.2. The lowest BCUT2D eigenvalue weighted by Gasteiger charge is -2.72. The number of ether oxygens (including phenoxy) is 1. The first-order valence-corrected chi connectivity index (χ1v) is 15.2. The molecule has 3 heteroatoms. The zero-order chi connectivity index (χ0) is 26.3. The van der Waals surface area contributed by atoms with E-state index in [2.05, 4.69) is 34.6 Å². The predicted octanol–water partition coefficient (Wildman–Crippen LogP) is 8.15. The summed E-state index contributed by atoms with van der Waals surface area (Å²) >= 11 is 0. The lowest BCUT2D eigenvalue weighted by molar-refractivity contribution is -0.234. The summed E-state index contributed by atoms with van der Waals surface area (Å²) in [5.74, 6) is 2.81. The van der Waals surface area contributed by atoms with Crippen LogP contribution in [-0.2, 0) is 20.9 Å². The number of hydrogen-bond donors (Lipinski definition) is 0. The minimum Gasteiger partial charge on any atom is -0.460 e. The number of rotatable bonds is 3. The summed E-state index contributed by atoms with van der Waals surface area (Å²) in [6.45, 7) is 12.7. The van der Waals surface area contributed by atoms with Gasteiger partial charge in [-0.1, -0.05) is 71.4 Å². The van der Waals surface area contributed by atoms with E-state index in [1.807, 2.05) is 30.3 Å². The van der Waals surface area contributed by atoms with E-state index in [9.17, 15) is 9.59 Å². The molecule has 0 N–H and O–H groups in total. The summed E-state index contributed by atoms with van der Waals surface area (Å²) in [6, 6.07) is 10.1. The maximum atomic E-state index is 13.8. The van der Waals surface area contributed by atoms with E-state index in [0.29, 0.717) is 36.1 Å². The lowest BCUT2D eigenvalue weighted by atomic mass is 9.32. The number of carbonyl (C=O) groups excluding carboxylic acids is 2. The van der Waals surface area contributed by atoms with Crippen LogP contribution in [0.4, 0.5) is 0 Å². The van der Waals surface area contributed by atoms with Crippen LogP contribution >= 0.6 is 0 Å². The predicted molar refractivity (Wildman–Crippen MR) is 147 cm³/mol. The van der Waals surface area contributed by atoms with Crippen molar-refractivity contribution in [2.75, 3.05) is 0 Å². The van der Waals surface area contributed by atoms with E-state index in [4.69, 9.17) is 4.74 Å².